The molecule has 0 aliphatic heterocycles. The standard InChI is InChI=1S/C54H101N2O6P/c1-6-8-10-12-14-16-18-20-22-23-24-25-26-27-28-29-30-31-32-33-34-36-38-40-42-44-46-48-54(58)55-52(51-62-63(59,60)61-50-49-56(3,4)5)53(57)47-45-43-41-39-37-35-21-19-17-15-13-11-9-7-2/h17-20,23-24,37,39,45,47,52-53,57H,6-16,21-22,25-36,38,40-44,46,48-51H2,1-5H3,(H-,55,58,59,60)/p+1/b19-17+,20-18-,24-23-,39-37+,47-45+. The third-order valence-corrected chi connectivity index (χ3v) is 12.4. The molecule has 0 radical (unpaired) electrons. The largest absolute Gasteiger partial charge is 0.472 e. The van der Waals surface area contributed by atoms with Crippen LogP contribution in [0.4, 0.5) is 0 Å². The quantitative estimate of drug-likeness (QED) is 0.0243. The lowest BCUT2D eigenvalue weighted by atomic mass is 10.0. The van der Waals surface area contributed by atoms with E-state index in [1.807, 2.05) is 27.2 Å². The number of phosphoric acid groups is 1. The third kappa shape index (κ3) is 48.0. The number of hydrogen-bond acceptors (Lipinski definition) is 5. The van der Waals surface area contributed by atoms with Crippen LogP contribution in [0.15, 0.2) is 60.8 Å². The molecule has 63 heavy (non-hydrogen) atoms. The van der Waals surface area contributed by atoms with Gasteiger partial charge in [-0.05, 0) is 77.0 Å². The summed E-state index contributed by atoms with van der Waals surface area (Å²) < 4.78 is 23.6. The molecular formula is C54H102N2O6P+. The van der Waals surface area contributed by atoms with Crippen LogP contribution >= 0.6 is 7.82 Å². The molecular weight excluding hydrogens is 804 g/mol. The second-order valence-electron chi connectivity index (χ2n) is 18.9. The summed E-state index contributed by atoms with van der Waals surface area (Å²) >= 11 is 0. The highest BCUT2D eigenvalue weighted by Gasteiger charge is 2.27. The predicted octanol–water partition coefficient (Wildman–Crippen LogP) is 15.4. The molecule has 3 atom stereocenters. The number of carbonyl (C=O) groups is 1. The molecule has 0 heterocycles. The van der Waals surface area contributed by atoms with E-state index in [2.05, 4.69) is 67.8 Å². The Balaban J connectivity index is 4.21. The van der Waals surface area contributed by atoms with Gasteiger partial charge in [0.05, 0.1) is 39.9 Å². The average Bonchev–Trinajstić information content (AvgIpc) is 3.24. The summed E-state index contributed by atoms with van der Waals surface area (Å²) in [5.74, 6) is -0.192. The molecule has 9 heteroatoms. The summed E-state index contributed by atoms with van der Waals surface area (Å²) in [6, 6.07) is -0.870. The van der Waals surface area contributed by atoms with Crippen molar-refractivity contribution in [3.8, 4) is 0 Å². The Labute approximate surface area is 390 Å². The minimum absolute atomic E-state index is 0.0522. The maximum atomic E-state index is 12.9. The summed E-state index contributed by atoms with van der Waals surface area (Å²) in [6.45, 7) is 4.75. The van der Waals surface area contributed by atoms with E-state index in [4.69, 9.17) is 9.05 Å². The molecule has 3 unspecified atom stereocenters. The van der Waals surface area contributed by atoms with Crippen LogP contribution in [0.25, 0.3) is 0 Å². The predicted molar refractivity (Wildman–Crippen MR) is 272 cm³/mol. The van der Waals surface area contributed by atoms with E-state index in [-0.39, 0.29) is 19.1 Å². The number of aliphatic hydroxyl groups excluding tert-OH is 1. The van der Waals surface area contributed by atoms with Crippen molar-refractivity contribution in [2.45, 2.75) is 238 Å². The summed E-state index contributed by atoms with van der Waals surface area (Å²) in [4.78, 5) is 23.2. The maximum absolute atomic E-state index is 12.9. The van der Waals surface area contributed by atoms with Crippen molar-refractivity contribution < 1.29 is 32.9 Å². The number of aliphatic hydroxyl groups is 1. The average molecular weight is 906 g/mol. The van der Waals surface area contributed by atoms with E-state index in [9.17, 15) is 19.4 Å². The SMILES string of the molecule is CCCCCC/C=C/CC/C=C/CC/C=C/C(O)C(COP(=O)(O)OCC[N+](C)(C)C)NC(=O)CCCCCCCCCCCCCCCCC/C=C\C/C=C\CCCCCCC. The summed E-state index contributed by atoms with van der Waals surface area (Å²) in [6.07, 6.45) is 60.3. The number of allylic oxidation sites excluding steroid dienone is 9. The molecule has 0 rings (SSSR count). The fourth-order valence-corrected chi connectivity index (χ4v) is 8.02. The number of nitrogens with zero attached hydrogens (tertiary/aromatic N) is 1. The van der Waals surface area contributed by atoms with Crippen molar-refractivity contribution in [3.05, 3.63) is 60.8 Å². The van der Waals surface area contributed by atoms with Crippen molar-refractivity contribution in [2.24, 2.45) is 0 Å². The Hall–Kier alpha value is -1.80. The number of amides is 1. The number of rotatable bonds is 47. The molecule has 0 fully saturated rings. The Bertz CT molecular complexity index is 1210. The summed E-state index contributed by atoms with van der Waals surface area (Å²) in [7, 11) is 1.54. The minimum atomic E-state index is -4.35. The number of phosphoric ester groups is 1. The van der Waals surface area contributed by atoms with Crippen LogP contribution in [-0.4, -0.2) is 73.4 Å². The first-order valence-electron chi connectivity index (χ1n) is 26.2. The van der Waals surface area contributed by atoms with Gasteiger partial charge in [0, 0.05) is 6.42 Å². The Morgan fingerprint density at radius 2 is 0.921 bits per heavy atom. The Morgan fingerprint density at radius 1 is 0.540 bits per heavy atom. The Kier molecular flexibility index (Phi) is 44.1. The minimum Gasteiger partial charge on any atom is -0.387 e. The van der Waals surface area contributed by atoms with Crippen LogP contribution in [0, 0.1) is 0 Å². The van der Waals surface area contributed by atoms with Crippen LogP contribution in [0.2, 0.25) is 0 Å². The number of nitrogens with one attached hydrogen (secondary N) is 1. The van der Waals surface area contributed by atoms with E-state index >= 15 is 0 Å². The zero-order chi connectivity index (χ0) is 46.4. The lowest BCUT2D eigenvalue weighted by Crippen LogP contribution is -2.45. The second-order valence-corrected chi connectivity index (χ2v) is 20.3. The molecule has 0 bridgehead atoms. The zero-order valence-corrected chi connectivity index (χ0v) is 42.7. The van der Waals surface area contributed by atoms with Crippen molar-refractivity contribution >= 4 is 13.7 Å². The maximum Gasteiger partial charge on any atom is 0.472 e. The highest BCUT2D eigenvalue weighted by atomic mass is 31.2. The number of likely N-dealkylation sites (N-methyl/N-ethyl adjacent to an activating group) is 1. The van der Waals surface area contributed by atoms with Crippen LogP contribution in [0.3, 0.4) is 0 Å². The first-order valence-corrected chi connectivity index (χ1v) is 27.7. The molecule has 1 amide bonds. The van der Waals surface area contributed by atoms with Crippen LogP contribution in [0.1, 0.15) is 226 Å². The van der Waals surface area contributed by atoms with Gasteiger partial charge in [0.1, 0.15) is 13.2 Å². The normalized spacial score (nSPS) is 14.6. The fraction of sp³-hybridized carbons (Fsp3) is 0.796. The molecule has 368 valence electrons. The molecule has 0 aromatic rings. The van der Waals surface area contributed by atoms with Crippen LogP contribution in [-0.2, 0) is 18.4 Å². The summed E-state index contributed by atoms with van der Waals surface area (Å²) in [5, 5.41) is 13.8. The lowest BCUT2D eigenvalue weighted by Gasteiger charge is -2.25. The van der Waals surface area contributed by atoms with E-state index in [0.29, 0.717) is 17.4 Å². The topological polar surface area (TPSA) is 105 Å². The molecule has 0 spiro atoms. The van der Waals surface area contributed by atoms with Gasteiger partial charge >= 0.3 is 7.82 Å². The van der Waals surface area contributed by atoms with Crippen molar-refractivity contribution in [2.75, 3.05) is 40.9 Å². The number of unbranched alkanes of at least 4 members (excludes halogenated alkanes) is 26. The Morgan fingerprint density at radius 3 is 1.38 bits per heavy atom. The van der Waals surface area contributed by atoms with Gasteiger partial charge < -0.3 is 19.8 Å². The van der Waals surface area contributed by atoms with Gasteiger partial charge in [0.2, 0.25) is 5.91 Å². The van der Waals surface area contributed by atoms with Gasteiger partial charge in [-0.1, -0.05) is 203 Å². The molecule has 0 aliphatic rings. The third-order valence-electron chi connectivity index (χ3n) is 11.4. The van der Waals surface area contributed by atoms with Gasteiger partial charge in [0.25, 0.3) is 0 Å². The molecule has 0 aliphatic carbocycles. The second kappa shape index (κ2) is 45.4. The van der Waals surface area contributed by atoms with Gasteiger partial charge in [-0.25, -0.2) is 4.57 Å². The van der Waals surface area contributed by atoms with E-state index in [1.54, 1.807) is 6.08 Å². The molecule has 3 N–H and O–H groups in total. The molecule has 0 aromatic carbocycles. The van der Waals surface area contributed by atoms with Crippen LogP contribution in [0.5, 0.6) is 0 Å². The number of hydrogen-bond donors (Lipinski definition) is 3. The number of carbonyl (C=O) groups excluding carboxylic acids is 1. The van der Waals surface area contributed by atoms with Crippen molar-refractivity contribution in [3.63, 3.8) is 0 Å². The number of quaternary nitrogens is 1. The lowest BCUT2D eigenvalue weighted by molar-refractivity contribution is -0.870. The first kappa shape index (κ1) is 61.2. The van der Waals surface area contributed by atoms with Gasteiger partial charge in [-0.2, -0.15) is 0 Å². The van der Waals surface area contributed by atoms with Gasteiger partial charge in [-0.15, -0.1) is 0 Å². The van der Waals surface area contributed by atoms with E-state index in [0.717, 1.165) is 51.4 Å². The fourth-order valence-electron chi connectivity index (χ4n) is 7.28. The smallest absolute Gasteiger partial charge is 0.387 e. The van der Waals surface area contributed by atoms with Gasteiger partial charge in [0.15, 0.2) is 0 Å². The molecule has 0 aromatic heterocycles. The molecule has 0 saturated carbocycles. The highest BCUT2D eigenvalue weighted by molar-refractivity contribution is 7.47. The monoisotopic (exact) mass is 906 g/mol. The highest BCUT2D eigenvalue weighted by Crippen LogP contribution is 2.43. The van der Waals surface area contributed by atoms with Gasteiger partial charge in [-0.3, -0.25) is 13.8 Å². The van der Waals surface area contributed by atoms with E-state index < -0.39 is 20.0 Å². The van der Waals surface area contributed by atoms with E-state index in [1.165, 1.54) is 154 Å². The summed E-state index contributed by atoms with van der Waals surface area (Å²) in [5.41, 5.74) is 0. The molecule has 0 saturated heterocycles. The zero-order valence-electron chi connectivity index (χ0n) is 41.8. The van der Waals surface area contributed by atoms with Crippen molar-refractivity contribution in [1.82, 2.24) is 5.32 Å². The first-order chi connectivity index (χ1) is 30.5. The van der Waals surface area contributed by atoms with Crippen molar-refractivity contribution in [1.29, 1.82) is 0 Å². The molecule has 8 nitrogen and oxygen atoms in total. The van der Waals surface area contributed by atoms with Crippen LogP contribution < -0.4 is 5.32 Å².